The monoisotopic (exact) mass is 193 g/mol. The Bertz CT molecular complexity index is 126. The smallest absolute Gasteiger partial charge is 0.0906 e. The van der Waals surface area contributed by atoms with Crippen molar-refractivity contribution in [2.24, 2.45) is 5.92 Å². The van der Waals surface area contributed by atoms with Crippen LogP contribution in [0, 0.1) is 5.92 Å². The molecule has 0 amide bonds. The van der Waals surface area contributed by atoms with Gasteiger partial charge < -0.3 is 4.90 Å². The van der Waals surface area contributed by atoms with E-state index in [1.54, 1.807) is 0 Å². The lowest BCUT2D eigenvalue weighted by atomic mass is 9.84. The molecule has 0 aromatic carbocycles. The highest BCUT2D eigenvalue weighted by atomic mass is 35.5. The second-order valence-corrected chi connectivity index (χ2v) is 4.36. The molecule has 0 N–H and O–H groups in total. The first kappa shape index (κ1) is 10.3. The van der Waals surface area contributed by atoms with Crippen LogP contribution in [0.15, 0.2) is 0 Å². The zero-order valence-corrected chi connectivity index (χ0v) is 8.36. The molecule has 0 unspecified atom stereocenters. The molecule has 0 aromatic heterocycles. The first-order valence-corrected chi connectivity index (χ1v) is 5.04. The van der Waals surface area contributed by atoms with Crippen LogP contribution in [-0.2, 0) is 0 Å². The Morgan fingerprint density at radius 2 is 2.17 bits per heavy atom. The minimum absolute atomic E-state index is 0.201. The summed E-state index contributed by atoms with van der Waals surface area (Å²) in [5.74, 6) is 0.761. The van der Waals surface area contributed by atoms with Crippen molar-refractivity contribution in [1.82, 2.24) is 4.90 Å². The Hall–Kier alpha value is 0.180. The molecule has 1 aliphatic carbocycles. The first-order chi connectivity index (χ1) is 5.72. The third kappa shape index (κ3) is 3.28. The van der Waals surface area contributed by atoms with Gasteiger partial charge in [0.25, 0.3) is 0 Å². The summed E-state index contributed by atoms with van der Waals surface area (Å²) in [6, 6.07) is 0. The highest BCUT2D eigenvalue weighted by molar-refractivity contribution is 6.21. The first-order valence-electron chi connectivity index (χ1n) is 4.61. The summed E-state index contributed by atoms with van der Waals surface area (Å²) in [6.07, 6.45) is 2.94. The van der Waals surface area contributed by atoms with E-state index in [-0.39, 0.29) is 6.67 Å². The second kappa shape index (κ2) is 5.03. The molecule has 0 saturated heterocycles. The molecule has 1 fully saturated rings. The third-order valence-electron chi connectivity index (χ3n) is 2.42. The van der Waals surface area contributed by atoms with Crippen LogP contribution in [0.1, 0.15) is 19.3 Å². The van der Waals surface area contributed by atoms with Crippen molar-refractivity contribution in [1.29, 1.82) is 0 Å². The predicted octanol–water partition coefficient (Wildman–Crippen LogP) is 2.30. The van der Waals surface area contributed by atoms with Gasteiger partial charge >= 0.3 is 0 Å². The summed E-state index contributed by atoms with van der Waals surface area (Å²) >= 11 is 5.85. The van der Waals surface area contributed by atoms with Gasteiger partial charge in [-0.25, -0.2) is 0 Å². The van der Waals surface area contributed by atoms with E-state index < -0.39 is 0 Å². The van der Waals surface area contributed by atoms with Crippen molar-refractivity contribution >= 4 is 11.6 Å². The fourth-order valence-corrected chi connectivity index (χ4v) is 2.17. The predicted molar refractivity (Wildman–Crippen MR) is 50.5 cm³/mol. The van der Waals surface area contributed by atoms with Crippen LogP contribution in [0.4, 0.5) is 4.39 Å². The number of hydrogen-bond acceptors (Lipinski definition) is 1. The second-order valence-electron chi connectivity index (χ2n) is 3.74. The maximum absolute atomic E-state index is 11.8. The Labute approximate surface area is 78.9 Å². The minimum atomic E-state index is -0.201. The third-order valence-corrected chi connectivity index (χ3v) is 2.78. The molecule has 0 radical (unpaired) electrons. The number of nitrogens with zero attached hydrogens (tertiary/aromatic N) is 1. The van der Waals surface area contributed by atoms with Crippen molar-refractivity contribution in [2.75, 3.05) is 26.8 Å². The van der Waals surface area contributed by atoms with E-state index in [0.29, 0.717) is 11.8 Å². The molecule has 1 aliphatic rings. The summed E-state index contributed by atoms with van der Waals surface area (Å²) < 4.78 is 11.8. The van der Waals surface area contributed by atoms with E-state index in [0.717, 1.165) is 31.8 Å². The fourth-order valence-electron chi connectivity index (χ4n) is 1.67. The van der Waals surface area contributed by atoms with Crippen LogP contribution < -0.4 is 0 Å². The van der Waals surface area contributed by atoms with E-state index in [4.69, 9.17) is 11.6 Å². The van der Waals surface area contributed by atoms with Gasteiger partial charge in [0, 0.05) is 18.5 Å². The molecular formula is C9H17ClFN. The molecule has 0 aromatic rings. The Morgan fingerprint density at radius 1 is 1.50 bits per heavy atom. The average molecular weight is 194 g/mol. The maximum atomic E-state index is 11.8. The summed E-state index contributed by atoms with van der Waals surface area (Å²) in [4.78, 5) is 2.20. The van der Waals surface area contributed by atoms with Gasteiger partial charge in [0.05, 0.1) is 6.67 Å². The van der Waals surface area contributed by atoms with Crippen LogP contribution in [0.5, 0.6) is 0 Å². The highest BCUT2D eigenvalue weighted by Crippen LogP contribution is 2.32. The largest absolute Gasteiger partial charge is 0.306 e. The van der Waals surface area contributed by atoms with Crippen LogP contribution in [-0.4, -0.2) is 37.1 Å². The molecule has 72 valence electrons. The molecule has 0 heterocycles. The van der Waals surface area contributed by atoms with Gasteiger partial charge in [-0.15, -0.1) is 11.6 Å². The standard InChI is InChI=1S/C9H17ClFN/c1-12(4-2-3-11)7-8-5-9(10)6-8/h8-9H,2-7H2,1H3. The topological polar surface area (TPSA) is 3.24 Å². The lowest BCUT2D eigenvalue weighted by molar-refractivity contribution is 0.203. The SMILES string of the molecule is CN(CCCF)CC1CC(Cl)C1. The number of alkyl halides is 2. The average Bonchev–Trinajstić information content (AvgIpc) is 1.98. The van der Waals surface area contributed by atoms with Gasteiger partial charge in [-0.05, 0) is 32.2 Å². The van der Waals surface area contributed by atoms with Crippen molar-refractivity contribution in [3.05, 3.63) is 0 Å². The van der Waals surface area contributed by atoms with Gasteiger partial charge in [0.15, 0.2) is 0 Å². The fraction of sp³-hybridized carbons (Fsp3) is 1.00. The van der Waals surface area contributed by atoms with Crippen molar-refractivity contribution in [2.45, 2.75) is 24.6 Å². The number of hydrogen-bond donors (Lipinski definition) is 0. The summed E-state index contributed by atoms with van der Waals surface area (Å²) in [5, 5.41) is 0.407. The lowest BCUT2D eigenvalue weighted by Gasteiger charge is -2.34. The summed E-state index contributed by atoms with van der Waals surface area (Å²) in [7, 11) is 2.05. The van der Waals surface area contributed by atoms with E-state index in [2.05, 4.69) is 11.9 Å². The zero-order chi connectivity index (χ0) is 8.97. The van der Waals surface area contributed by atoms with E-state index >= 15 is 0 Å². The van der Waals surface area contributed by atoms with Crippen molar-refractivity contribution < 1.29 is 4.39 Å². The molecule has 0 spiro atoms. The molecule has 0 bridgehead atoms. The molecule has 0 atom stereocenters. The van der Waals surface area contributed by atoms with E-state index in [1.807, 2.05) is 0 Å². The number of rotatable bonds is 5. The highest BCUT2D eigenvalue weighted by Gasteiger charge is 2.27. The molecule has 1 saturated carbocycles. The lowest BCUT2D eigenvalue weighted by Crippen LogP contribution is -2.35. The zero-order valence-electron chi connectivity index (χ0n) is 7.60. The normalized spacial score (nSPS) is 29.0. The Kier molecular flexibility index (Phi) is 4.30. The van der Waals surface area contributed by atoms with Crippen molar-refractivity contribution in [3.63, 3.8) is 0 Å². The van der Waals surface area contributed by atoms with E-state index in [9.17, 15) is 4.39 Å². The quantitative estimate of drug-likeness (QED) is 0.606. The van der Waals surface area contributed by atoms with E-state index in [1.165, 1.54) is 0 Å². The Morgan fingerprint density at radius 3 is 2.67 bits per heavy atom. The van der Waals surface area contributed by atoms with Crippen LogP contribution in [0.25, 0.3) is 0 Å². The molecule has 1 nitrogen and oxygen atoms in total. The Balaban J connectivity index is 1.98. The van der Waals surface area contributed by atoms with Crippen LogP contribution >= 0.6 is 11.6 Å². The molecular weight excluding hydrogens is 177 g/mol. The molecule has 3 heteroatoms. The maximum Gasteiger partial charge on any atom is 0.0906 e. The van der Waals surface area contributed by atoms with Gasteiger partial charge in [-0.3, -0.25) is 4.39 Å². The van der Waals surface area contributed by atoms with Gasteiger partial charge in [0.1, 0.15) is 0 Å². The van der Waals surface area contributed by atoms with Gasteiger partial charge in [-0.1, -0.05) is 0 Å². The van der Waals surface area contributed by atoms with Crippen LogP contribution in [0.2, 0.25) is 0 Å². The van der Waals surface area contributed by atoms with Gasteiger partial charge in [0.2, 0.25) is 0 Å². The molecule has 1 rings (SSSR count). The van der Waals surface area contributed by atoms with Crippen molar-refractivity contribution in [3.8, 4) is 0 Å². The number of halogens is 2. The summed E-state index contributed by atoms with van der Waals surface area (Å²) in [5.41, 5.74) is 0. The van der Waals surface area contributed by atoms with Gasteiger partial charge in [-0.2, -0.15) is 0 Å². The summed E-state index contributed by atoms with van der Waals surface area (Å²) in [6.45, 7) is 1.76. The minimum Gasteiger partial charge on any atom is -0.306 e. The van der Waals surface area contributed by atoms with Crippen LogP contribution in [0.3, 0.4) is 0 Å². The molecule has 12 heavy (non-hydrogen) atoms. The molecule has 0 aliphatic heterocycles.